The number of furan rings is 1. The summed E-state index contributed by atoms with van der Waals surface area (Å²) in [6.45, 7) is 0.682. The fourth-order valence-corrected chi connectivity index (χ4v) is 3.07. The first kappa shape index (κ1) is 17.5. The fourth-order valence-electron chi connectivity index (χ4n) is 2.58. The summed E-state index contributed by atoms with van der Waals surface area (Å²) in [5.41, 5.74) is 2.96. The fraction of sp³-hybridized carbons (Fsp3) is 0.235. The van der Waals surface area contributed by atoms with E-state index in [0.717, 1.165) is 0 Å². The number of rotatable bonds is 5. The van der Waals surface area contributed by atoms with Crippen molar-refractivity contribution >= 4 is 41.2 Å². The first-order chi connectivity index (χ1) is 12.0. The van der Waals surface area contributed by atoms with Crippen molar-refractivity contribution in [1.29, 1.82) is 0 Å². The minimum Gasteiger partial charge on any atom is -0.467 e. The SMILES string of the molecule is O=C(N/N=C/c1c(Cl)cccc1Cl)C1CC(=O)N(Cc2ccco2)C1. The summed E-state index contributed by atoms with van der Waals surface area (Å²) >= 11 is 12.1. The third-order valence-corrected chi connectivity index (χ3v) is 4.54. The molecule has 2 heterocycles. The molecule has 8 heteroatoms. The van der Waals surface area contributed by atoms with Crippen LogP contribution in [-0.2, 0) is 16.1 Å². The Hall–Kier alpha value is -2.31. The van der Waals surface area contributed by atoms with Gasteiger partial charge in [-0.3, -0.25) is 9.59 Å². The van der Waals surface area contributed by atoms with Gasteiger partial charge in [-0.25, -0.2) is 5.43 Å². The molecule has 0 spiro atoms. The molecule has 2 aromatic rings. The van der Waals surface area contributed by atoms with Crippen LogP contribution in [0.15, 0.2) is 46.1 Å². The molecule has 3 rings (SSSR count). The normalized spacial score (nSPS) is 17.4. The van der Waals surface area contributed by atoms with Crippen molar-refractivity contribution in [3.8, 4) is 0 Å². The molecule has 2 amide bonds. The Morgan fingerprint density at radius 1 is 1.32 bits per heavy atom. The van der Waals surface area contributed by atoms with Gasteiger partial charge in [-0.2, -0.15) is 5.10 Å². The van der Waals surface area contributed by atoms with Crippen molar-refractivity contribution in [2.45, 2.75) is 13.0 Å². The summed E-state index contributed by atoms with van der Waals surface area (Å²) in [5, 5.41) is 4.76. The summed E-state index contributed by atoms with van der Waals surface area (Å²) in [7, 11) is 0. The zero-order valence-electron chi connectivity index (χ0n) is 13.1. The van der Waals surface area contributed by atoms with Crippen LogP contribution in [0.1, 0.15) is 17.7 Å². The number of nitrogens with one attached hydrogen (secondary N) is 1. The third kappa shape index (κ3) is 4.21. The van der Waals surface area contributed by atoms with Gasteiger partial charge in [0.1, 0.15) is 5.76 Å². The van der Waals surface area contributed by atoms with Crippen LogP contribution in [0.3, 0.4) is 0 Å². The molecule has 1 unspecified atom stereocenters. The van der Waals surface area contributed by atoms with E-state index in [9.17, 15) is 9.59 Å². The van der Waals surface area contributed by atoms with Crippen LogP contribution >= 0.6 is 23.2 Å². The van der Waals surface area contributed by atoms with Gasteiger partial charge in [0.15, 0.2) is 0 Å². The molecule has 0 saturated carbocycles. The van der Waals surface area contributed by atoms with Crippen LogP contribution in [0.5, 0.6) is 0 Å². The standard InChI is InChI=1S/C17H15Cl2N3O3/c18-14-4-1-5-15(19)13(14)8-20-21-17(24)11-7-16(23)22(9-11)10-12-3-2-6-25-12/h1-6,8,11H,7,9-10H2,(H,21,24)/b20-8+. The van der Waals surface area contributed by atoms with Crippen LogP contribution in [0, 0.1) is 5.92 Å². The van der Waals surface area contributed by atoms with E-state index in [4.69, 9.17) is 27.6 Å². The number of hydrogen-bond donors (Lipinski definition) is 1. The van der Waals surface area contributed by atoms with E-state index in [-0.39, 0.29) is 18.2 Å². The molecule has 6 nitrogen and oxygen atoms in total. The maximum absolute atomic E-state index is 12.2. The van der Waals surface area contributed by atoms with Crippen molar-refractivity contribution in [3.63, 3.8) is 0 Å². The summed E-state index contributed by atoms with van der Waals surface area (Å²) in [4.78, 5) is 25.8. The second-order valence-corrected chi connectivity index (χ2v) is 6.44. The van der Waals surface area contributed by atoms with Crippen LogP contribution in [0.4, 0.5) is 0 Å². The lowest BCUT2D eigenvalue weighted by molar-refractivity contribution is -0.129. The van der Waals surface area contributed by atoms with Gasteiger partial charge in [0, 0.05) is 18.5 Å². The van der Waals surface area contributed by atoms with Gasteiger partial charge in [0.2, 0.25) is 11.8 Å². The molecule has 130 valence electrons. The molecule has 1 aromatic carbocycles. The maximum Gasteiger partial charge on any atom is 0.245 e. The van der Waals surface area contributed by atoms with E-state index in [0.29, 0.717) is 34.5 Å². The largest absolute Gasteiger partial charge is 0.467 e. The monoisotopic (exact) mass is 379 g/mol. The lowest BCUT2D eigenvalue weighted by Crippen LogP contribution is -2.30. The number of amides is 2. The first-order valence-corrected chi connectivity index (χ1v) is 8.37. The van der Waals surface area contributed by atoms with Crippen molar-refractivity contribution in [2.24, 2.45) is 11.0 Å². The minimum absolute atomic E-state index is 0.0883. The Labute approximate surface area is 154 Å². The van der Waals surface area contributed by atoms with Crippen LogP contribution in [0.2, 0.25) is 10.0 Å². The quantitative estimate of drug-likeness (QED) is 0.640. The third-order valence-electron chi connectivity index (χ3n) is 3.88. The number of carbonyl (C=O) groups excluding carboxylic acids is 2. The Morgan fingerprint density at radius 3 is 2.76 bits per heavy atom. The molecule has 0 aliphatic carbocycles. The zero-order valence-corrected chi connectivity index (χ0v) is 14.6. The molecule has 1 aliphatic rings. The lowest BCUT2D eigenvalue weighted by Gasteiger charge is -2.14. The topological polar surface area (TPSA) is 74.9 Å². The lowest BCUT2D eigenvalue weighted by atomic mass is 10.1. The van der Waals surface area contributed by atoms with Crippen molar-refractivity contribution in [1.82, 2.24) is 10.3 Å². The number of carbonyl (C=O) groups is 2. The van der Waals surface area contributed by atoms with Crippen molar-refractivity contribution in [2.75, 3.05) is 6.54 Å². The predicted molar refractivity (Wildman–Crippen MR) is 94.4 cm³/mol. The van der Waals surface area contributed by atoms with Gasteiger partial charge in [-0.1, -0.05) is 29.3 Å². The van der Waals surface area contributed by atoms with E-state index in [1.807, 2.05) is 0 Å². The molecule has 1 atom stereocenters. The highest BCUT2D eigenvalue weighted by atomic mass is 35.5. The molecule has 25 heavy (non-hydrogen) atoms. The van der Waals surface area contributed by atoms with Gasteiger partial charge in [0.25, 0.3) is 0 Å². The molecule has 0 bridgehead atoms. The number of nitrogens with zero attached hydrogens (tertiary/aromatic N) is 2. The second-order valence-electron chi connectivity index (χ2n) is 5.62. The van der Waals surface area contributed by atoms with Crippen molar-refractivity contribution < 1.29 is 14.0 Å². The Kier molecular flexibility index (Phi) is 5.40. The molecule has 1 aliphatic heterocycles. The Balaban J connectivity index is 1.57. The summed E-state index contributed by atoms with van der Waals surface area (Å²) in [6, 6.07) is 8.63. The van der Waals surface area contributed by atoms with E-state index < -0.39 is 5.92 Å². The van der Waals surface area contributed by atoms with Crippen LogP contribution in [-0.4, -0.2) is 29.5 Å². The average molecular weight is 380 g/mol. The average Bonchev–Trinajstić information content (AvgIpc) is 3.21. The molecule has 1 fully saturated rings. The second kappa shape index (κ2) is 7.72. The van der Waals surface area contributed by atoms with E-state index in [1.165, 1.54) is 6.21 Å². The summed E-state index contributed by atoms with van der Waals surface area (Å²) < 4.78 is 5.23. The molecule has 1 N–H and O–H groups in total. The zero-order chi connectivity index (χ0) is 17.8. The van der Waals surface area contributed by atoms with Crippen LogP contribution in [0.25, 0.3) is 0 Å². The van der Waals surface area contributed by atoms with Crippen LogP contribution < -0.4 is 5.43 Å². The molecular formula is C17H15Cl2N3O3. The summed E-state index contributed by atoms with van der Waals surface area (Å²) in [5.74, 6) is -0.188. The van der Waals surface area contributed by atoms with E-state index in [2.05, 4.69) is 10.5 Å². The molecule has 0 radical (unpaired) electrons. The highest BCUT2D eigenvalue weighted by Crippen LogP contribution is 2.22. The molecular weight excluding hydrogens is 365 g/mol. The van der Waals surface area contributed by atoms with Gasteiger partial charge < -0.3 is 9.32 Å². The van der Waals surface area contributed by atoms with E-state index in [1.54, 1.807) is 41.5 Å². The highest BCUT2D eigenvalue weighted by molar-refractivity contribution is 6.38. The molecule has 1 saturated heterocycles. The number of halogens is 2. The van der Waals surface area contributed by atoms with E-state index >= 15 is 0 Å². The number of benzene rings is 1. The predicted octanol–water partition coefficient (Wildman–Crippen LogP) is 3.09. The Bertz CT molecular complexity index is 785. The number of hydrogen-bond acceptors (Lipinski definition) is 4. The number of hydrazone groups is 1. The summed E-state index contributed by atoms with van der Waals surface area (Å²) in [6.07, 6.45) is 3.09. The number of likely N-dealkylation sites (tertiary alicyclic amines) is 1. The first-order valence-electron chi connectivity index (χ1n) is 7.61. The van der Waals surface area contributed by atoms with Crippen molar-refractivity contribution in [3.05, 3.63) is 58.0 Å². The Morgan fingerprint density at radius 2 is 2.08 bits per heavy atom. The molecule has 1 aromatic heterocycles. The van der Waals surface area contributed by atoms with Gasteiger partial charge in [-0.15, -0.1) is 0 Å². The van der Waals surface area contributed by atoms with Gasteiger partial charge >= 0.3 is 0 Å². The van der Waals surface area contributed by atoms with Gasteiger partial charge in [-0.05, 0) is 24.3 Å². The van der Waals surface area contributed by atoms with Gasteiger partial charge in [0.05, 0.1) is 35.0 Å². The minimum atomic E-state index is -0.457. The highest BCUT2D eigenvalue weighted by Gasteiger charge is 2.34. The maximum atomic E-state index is 12.2. The smallest absolute Gasteiger partial charge is 0.245 e.